The third kappa shape index (κ3) is 4.02. The zero-order chi connectivity index (χ0) is 22.7. The lowest BCUT2D eigenvalue weighted by Crippen LogP contribution is -2.24. The quantitative estimate of drug-likeness (QED) is 0.562. The second-order valence-electron chi connectivity index (χ2n) is 7.24. The van der Waals surface area contributed by atoms with Gasteiger partial charge in [0.15, 0.2) is 0 Å². The molecule has 1 aromatic heterocycles. The summed E-state index contributed by atoms with van der Waals surface area (Å²) in [6, 6.07) is 13.9. The number of fused-ring (bicyclic) bond motifs is 1. The van der Waals surface area contributed by atoms with Gasteiger partial charge in [0, 0.05) is 18.7 Å². The molecule has 0 saturated carbocycles. The number of carbonyl (C=O) groups is 2. The Morgan fingerprint density at radius 1 is 1.12 bits per heavy atom. The van der Waals surface area contributed by atoms with Crippen molar-refractivity contribution in [3.63, 3.8) is 0 Å². The van der Waals surface area contributed by atoms with E-state index in [2.05, 4.69) is 15.7 Å². The van der Waals surface area contributed by atoms with Gasteiger partial charge in [-0.1, -0.05) is 30.3 Å². The molecular weight excluding hydrogens is 412 g/mol. The van der Waals surface area contributed by atoms with Crippen molar-refractivity contribution in [3.8, 4) is 22.6 Å². The predicted molar refractivity (Wildman–Crippen MR) is 119 cm³/mol. The van der Waals surface area contributed by atoms with Crippen molar-refractivity contribution in [2.45, 2.75) is 19.1 Å². The third-order valence-corrected chi connectivity index (χ3v) is 5.23. The van der Waals surface area contributed by atoms with Crippen LogP contribution >= 0.6 is 0 Å². The van der Waals surface area contributed by atoms with Crippen molar-refractivity contribution in [3.05, 3.63) is 54.2 Å². The van der Waals surface area contributed by atoms with Crippen LogP contribution in [0.2, 0.25) is 0 Å². The van der Waals surface area contributed by atoms with Gasteiger partial charge in [0.2, 0.25) is 5.91 Å². The van der Waals surface area contributed by atoms with E-state index < -0.39 is 6.04 Å². The molecule has 0 unspecified atom stereocenters. The van der Waals surface area contributed by atoms with Crippen molar-refractivity contribution >= 4 is 23.3 Å². The summed E-state index contributed by atoms with van der Waals surface area (Å²) in [5, 5.41) is 10.3. The van der Waals surface area contributed by atoms with Crippen LogP contribution in [0.25, 0.3) is 11.1 Å². The fourth-order valence-electron chi connectivity index (χ4n) is 3.75. The number of anilines is 2. The fourth-order valence-corrected chi connectivity index (χ4v) is 3.75. The molecule has 166 valence electrons. The average Bonchev–Trinajstić information content (AvgIpc) is 3.29. The van der Waals surface area contributed by atoms with Gasteiger partial charge in [-0.25, -0.2) is 4.68 Å². The molecule has 4 rings (SSSR count). The molecule has 2 aromatic carbocycles. The van der Waals surface area contributed by atoms with E-state index in [-0.39, 0.29) is 24.8 Å². The first-order valence-corrected chi connectivity index (χ1v) is 10.0. The summed E-state index contributed by atoms with van der Waals surface area (Å²) in [6.45, 7) is 0.278. The van der Waals surface area contributed by atoms with Crippen LogP contribution in [0, 0.1) is 0 Å². The number of hydrogen-bond acceptors (Lipinski definition) is 6. The number of rotatable bonds is 8. The number of carbonyl (C=O) groups excluding carboxylic acids is 2. The van der Waals surface area contributed by atoms with Crippen molar-refractivity contribution in [2.24, 2.45) is 0 Å². The monoisotopic (exact) mass is 436 g/mol. The van der Waals surface area contributed by atoms with Crippen molar-refractivity contribution < 1.29 is 23.8 Å². The van der Waals surface area contributed by atoms with Crippen LogP contribution in [0.1, 0.15) is 18.2 Å². The summed E-state index contributed by atoms with van der Waals surface area (Å²) in [6.07, 6.45) is -0.0957. The Balaban J connectivity index is 1.61. The summed E-state index contributed by atoms with van der Waals surface area (Å²) in [7, 11) is 4.64. The van der Waals surface area contributed by atoms with Gasteiger partial charge in [-0.05, 0) is 17.7 Å². The second-order valence-corrected chi connectivity index (χ2v) is 7.24. The molecule has 1 aliphatic heterocycles. The van der Waals surface area contributed by atoms with Gasteiger partial charge in [-0.15, -0.1) is 0 Å². The number of amides is 2. The summed E-state index contributed by atoms with van der Waals surface area (Å²) in [5.41, 5.74) is 2.85. The van der Waals surface area contributed by atoms with E-state index in [1.54, 1.807) is 30.0 Å². The number of aromatic nitrogens is 2. The molecule has 2 N–H and O–H groups in total. The van der Waals surface area contributed by atoms with Crippen LogP contribution < -0.4 is 20.1 Å². The van der Waals surface area contributed by atoms with Crippen LogP contribution in [0.4, 0.5) is 11.5 Å². The Bertz CT molecular complexity index is 1140. The van der Waals surface area contributed by atoms with Crippen LogP contribution in [-0.4, -0.2) is 42.9 Å². The highest BCUT2D eigenvalue weighted by Crippen LogP contribution is 2.39. The maximum absolute atomic E-state index is 12.8. The van der Waals surface area contributed by atoms with Crippen molar-refractivity contribution in [1.29, 1.82) is 0 Å². The minimum atomic E-state index is -0.783. The normalized spacial score (nSPS) is 14.6. The molecular formula is C23H24N4O5. The van der Waals surface area contributed by atoms with Gasteiger partial charge in [0.25, 0.3) is 5.91 Å². The third-order valence-electron chi connectivity index (χ3n) is 5.23. The average molecular weight is 436 g/mol. The van der Waals surface area contributed by atoms with Gasteiger partial charge < -0.3 is 24.8 Å². The van der Waals surface area contributed by atoms with Crippen LogP contribution in [0.3, 0.4) is 0 Å². The molecule has 0 saturated heterocycles. The molecule has 9 heteroatoms. The van der Waals surface area contributed by atoms with E-state index >= 15 is 0 Å². The zero-order valence-electron chi connectivity index (χ0n) is 18.0. The predicted octanol–water partition coefficient (Wildman–Crippen LogP) is 3.24. The molecule has 0 bridgehead atoms. The lowest BCUT2D eigenvalue weighted by molar-refractivity contribution is -0.123. The van der Waals surface area contributed by atoms with E-state index in [0.717, 1.165) is 11.1 Å². The zero-order valence-corrected chi connectivity index (χ0v) is 18.0. The molecule has 0 spiro atoms. The smallest absolute Gasteiger partial charge is 0.251 e. The number of methoxy groups -OCH3 is 3. The highest BCUT2D eigenvalue weighted by Gasteiger charge is 2.37. The lowest BCUT2D eigenvalue weighted by Gasteiger charge is -2.13. The summed E-state index contributed by atoms with van der Waals surface area (Å²) < 4.78 is 17.4. The summed E-state index contributed by atoms with van der Waals surface area (Å²) in [4.78, 5) is 25.6. The van der Waals surface area contributed by atoms with Gasteiger partial charge in [-0.3, -0.25) is 9.59 Å². The van der Waals surface area contributed by atoms with Crippen molar-refractivity contribution in [2.75, 3.05) is 32.0 Å². The number of nitrogens with zero attached hydrogens (tertiary/aromatic N) is 2. The van der Waals surface area contributed by atoms with Gasteiger partial charge >= 0.3 is 0 Å². The maximum atomic E-state index is 12.8. The number of benzene rings is 2. The molecule has 9 nitrogen and oxygen atoms in total. The van der Waals surface area contributed by atoms with E-state index in [4.69, 9.17) is 14.2 Å². The minimum absolute atomic E-state index is 0.0957. The Morgan fingerprint density at radius 2 is 1.91 bits per heavy atom. The van der Waals surface area contributed by atoms with Gasteiger partial charge in [0.1, 0.15) is 23.4 Å². The Hall–Kier alpha value is -3.85. The van der Waals surface area contributed by atoms with Crippen LogP contribution in [0.15, 0.2) is 48.5 Å². The Labute approximate surface area is 185 Å². The second kappa shape index (κ2) is 9.11. The Morgan fingerprint density at radius 3 is 2.59 bits per heavy atom. The molecule has 0 radical (unpaired) electrons. The number of nitrogens with one attached hydrogen (secondary N) is 2. The van der Waals surface area contributed by atoms with E-state index in [1.165, 1.54) is 14.2 Å². The first kappa shape index (κ1) is 21.4. The molecule has 0 fully saturated rings. The standard InChI is InChI=1S/C23H24N4O5/c1-30-13-17-21(14-7-5-4-6-8-14)22-25-23(29)18(27(22)26-17)12-20(28)24-16-11-15(31-2)9-10-19(16)32-3/h4-11,18H,12-13H2,1-3H3,(H,24,28)(H,25,29)/t18-/m0/s1. The molecule has 1 aliphatic rings. The van der Waals surface area contributed by atoms with E-state index in [1.807, 2.05) is 30.3 Å². The molecule has 3 aromatic rings. The maximum Gasteiger partial charge on any atom is 0.251 e. The first-order valence-electron chi connectivity index (χ1n) is 10.0. The summed E-state index contributed by atoms with van der Waals surface area (Å²) >= 11 is 0. The van der Waals surface area contributed by atoms with E-state index in [9.17, 15) is 9.59 Å². The highest BCUT2D eigenvalue weighted by atomic mass is 16.5. The lowest BCUT2D eigenvalue weighted by atomic mass is 10.1. The molecule has 2 amide bonds. The molecule has 1 atom stereocenters. The van der Waals surface area contributed by atoms with E-state index in [0.29, 0.717) is 28.7 Å². The number of ether oxygens (including phenoxy) is 3. The molecule has 0 aliphatic carbocycles. The molecule has 2 heterocycles. The van der Waals surface area contributed by atoms with Crippen molar-refractivity contribution in [1.82, 2.24) is 9.78 Å². The fraction of sp³-hybridized carbons (Fsp3) is 0.261. The van der Waals surface area contributed by atoms with Gasteiger partial charge in [-0.2, -0.15) is 5.10 Å². The Kier molecular flexibility index (Phi) is 6.09. The number of hydrogen-bond donors (Lipinski definition) is 2. The molecule has 32 heavy (non-hydrogen) atoms. The van der Waals surface area contributed by atoms with Gasteiger partial charge in [0.05, 0.1) is 38.6 Å². The highest BCUT2D eigenvalue weighted by molar-refractivity contribution is 6.04. The minimum Gasteiger partial charge on any atom is -0.497 e. The topological polar surface area (TPSA) is 104 Å². The largest absolute Gasteiger partial charge is 0.497 e. The SMILES string of the molecule is COCc1nn2c(c1-c1ccccc1)NC(=O)[C@@H]2CC(=O)Nc1cc(OC)ccc1OC. The summed E-state index contributed by atoms with van der Waals surface area (Å²) in [5.74, 6) is 0.982. The first-order chi connectivity index (χ1) is 15.5. The van der Waals surface area contributed by atoms with Crippen LogP contribution in [-0.2, 0) is 20.9 Å². The van der Waals surface area contributed by atoms with Crippen LogP contribution in [0.5, 0.6) is 11.5 Å².